The third kappa shape index (κ3) is 5.64. The third-order valence-corrected chi connectivity index (χ3v) is 7.18. The minimum atomic E-state index is 0.294. The smallest absolute Gasteiger partial charge is 0.160 e. The molecule has 3 aromatic rings. The topological polar surface area (TPSA) is 37.2 Å². The summed E-state index contributed by atoms with van der Waals surface area (Å²) in [5.41, 5.74) is 7.34. The molecule has 5 heteroatoms. The Hall–Kier alpha value is -2.24. The number of aromatic nitrogens is 3. The van der Waals surface area contributed by atoms with Gasteiger partial charge in [0.2, 0.25) is 0 Å². The second-order valence-electron chi connectivity index (χ2n) is 10.6. The number of benzene rings is 1. The van der Waals surface area contributed by atoms with Crippen molar-refractivity contribution in [2.24, 2.45) is 0 Å². The highest BCUT2D eigenvalue weighted by Crippen LogP contribution is 2.20. The molecule has 1 saturated heterocycles. The summed E-state index contributed by atoms with van der Waals surface area (Å²) >= 11 is 0. The molecule has 5 nitrogen and oxygen atoms in total. The molecule has 0 saturated carbocycles. The lowest BCUT2D eigenvalue weighted by Crippen LogP contribution is -2.53. The summed E-state index contributed by atoms with van der Waals surface area (Å²) in [7, 11) is 0. The van der Waals surface area contributed by atoms with Gasteiger partial charge in [-0.15, -0.1) is 0 Å². The van der Waals surface area contributed by atoms with Crippen LogP contribution in [0.5, 0.6) is 0 Å². The predicted octanol–water partition coefficient (Wildman–Crippen LogP) is 5.01. The van der Waals surface area contributed by atoms with Gasteiger partial charge in [-0.05, 0) is 76.8 Å². The van der Waals surface area contributed by atoms with Gasteiger partial charge in [0, 0.05) is 43.8 Å². The predicted molar refractivity (Wildman–Crippen MR) is 138 cm³/mol. The Bertz CT molecular complexity index is 1070. The Balaban J connectivity index is 1.33. The van der Waals surface area contributed by atoms with Gasteiger partial charge < -0.3 is 9.47 Å². The summed E-state index contributed by atoms with van der Waals surface area (Å²) in [6.45, 7) is 20.1. The Morgan fingerprint density at radius 3 is 2.21 bits per heavy atom. The van der Waals surface area contributed by atoms with Crippen LogP contribution in [0.1, 0.15) is 62.3 Å². The minimum absolute atomic E-state index is 0.294. The molecule has 178 valence electrons. The van der Waals surface area contributed by atoms with E-state index in [1.807, 2.05) is 0 Å². The molecule has 1 aliphatic heterocycles. The molecule has 33 heavy (non-hydrogen) atoms. The summed E-state index contributed by atoms with van der Waals surface area (Å²) < 4.78 is 2.29. The average molecular weight is 448 g/mol. The van der Waals surface area contributed by atoms with E-state index in [-0.39, 0.29) is 0 Å². The number of aryl methyl sites for hydroxylation is 4. The van der Waals surface area contributed by atoms with Crippen molar-refractivity contribution >= 4 is 11.2 Å². The monoisotopic (exact) mass is 447 g/mol. The van der Waals surface area contributed by atoms with E-state index >= 15 is 0 Å². The highest BCUT2D eigenvalue weighted by atomic mass is 15.3. The molecular formula is C28H41N5. The molecule has 0 atom stereocenters. The number of fused-ring (bicyclic) bond motifs is 1. The molecule has 2 aromatic heterocycles. The van der Waals surface area contributed by atoms with Crippen molar-refractivity contribution < 1.29 is 0 Å². The molecule has 0 spiro atoms. The van der Waals surface area contributed by atoms with Gasteiger partial charge in [-0.3, -0.25) is 4.90 Å². The van der Waals surface area contributed by atoms with Gasteiger partial charge in [-0.2, -0.15) is 0 Å². The molecule has 0 N–H and O–H groups in total. The van der Waals surface area contributed by atoms with Crippen LogP contribution in [0.25, 0.3) is 11.2 Å². The molecular weight excluding hydrogens is 406 g/mol. The molecule has 0 unspecified atom stereocenters. The Morgan fingerprint density at radius 2 is 1.58 bits per heavy atom. The number of nitrogens with zero attached hydrogens (tertiary/aromatic N) is 5. The Kier molecular flexibility index (Phi) is 7.20. The first-order valence-electron chi connectivity index (χ1n) is 12.6. The standard InChI is InChI=1S/C28H41N5/c1-7-26-30-25-19-21(2)22(3)29-27(25)33(26)20-24-12-10-23(11-13-24)9-8-14-31-15-17-32(18-16-31)28(4,5)6/h10-13,19H,7-9,14-18,20H2,1-6H3. The van der Waals surface area contributed by atoms with E-state index in [1.165, 1.54) is 55.8 Å². The maximum atomic E-state index is 4.85. The van der Waals surface area contributed by atoms with Gasteiger partial charge >= 0.3 is 0 Å². The maximum absolute atomic E-state index is 4.85. The van der Waals surface area contributed by atoms with Crippen LogP contribution in [0.3, 0.4) is 0 Å². The molecule has 0 bridgehead atoms. The van der Waals surface area contributed by atoms with Crippen molar-refractivity contribution in [3.63, 3.8) is 0 Å². The first kappa shape index (κ1) is 23.9. The molecule has 1 aromatic carbocycles. The molecule has 0 radical (unpaired) electrons. The van der Waals surface area contributed by atoms with Crippen molar-refractivity contribution in [3.05, 3.63) is 58.5 Å². The molecule has 1 aliphatic rings. The molecule has 3 heterocycles. The average Bonchev–Trinajstić information content (AvgIpc) is 3.11. The van der Waals surface area contributed by atoms with Crippen LogP contribution in [0, 0.1) is 13.8 Å². The fourth-order valence-corrected chi connectivity index (χ4v) is 4.86. The van der Waals surface area contributed by atoms with Crippen LogP contribution in [0.4, 0.5) is 0 Å². The Labute approximate surface area is 199 Å². The van der Waals surface area contributed by atoms with Gasteiger partial charge in [-0.1, -0.05) is 31.2 Å². The first-order chi connectivity index (χ1) is 15.7. The largest absolute Gasteiger partial charge is 0.308 e. The summed E-state index contributed by atoms with van der Waals surface area (Å²) in [6.07, 6.45) is 3.29. The minimum Gasteiger partial charge on any atom is -0.308 e. The number of rotatable bonds is 7. The van der Waals surface area contributed by atoms with Crippen LogP contribution in [0.15, 0.2) is 30.3 Å². The first-order valence-corrected chi connectivity index (χ1v) is 12.6. The molecule has 0 aliphatic carbocycles. The maximum Gasteiger partial charge on any atom is 0.160 e. The summed E-state index contributed by atoms with van der Waals surface area (Å²) in [6, 6.07) is 11.3. The van der Waals surface area contributed by atoms with Crippen LogP contribution in [0.2, 0.25) is 0 Å². The van der Waals surface area contributed by atoms with E-state index in [4.69, 9.17) is 9.97 Å². The van der Waals surface area contributed by atoms with Gasteiger partial charge in [0.15, 0.2) is 5.65 Å². The molecule has 0 amide bonds. The Morgan fingerprint density at radius 1 is 0.909 bits per heavy atom. The lowest BCUT2D eigenvalue weighted by molar-refractivity contribution is 0.0619. The normalized spacial score (nSPS) is 16.1. The number of imidazole rings is 1. The summed E-state index contributed by atoms with van der Waals surface area (Å²) in [4.78, 5) is 14.9. The van der Waals surface area contributed by atoms with Gasteiger partial charge in [0.05, 0.1) is 6.54 Å². The molecule has 4 rings (SSSR count). The lowest BCUT2D eigenvalue weighted by atomic mass is 10.0. The van der Waals surface area contributed by atoms with Crippen molar-refractivity contribution in [2.45, 2.75) is 72.9 Å². The van der Waals surface area contributed by atoms with Crippen molar-refractivity contribution in [2.75, 3.05) is 32.7 Å². The molecule has 1 fully saturated rings. The van der Waals surface area contributed by atoms with Gasteiger partial charge in [0.25, 0.3) is 0 Å². The second kappa shape index (κ2) is 9.94. The number of hydrogen-bond donors (Lipinski definition) is 0. The SMILES string of the molecule is CCc1nc2cc(C)c(C)nc2n1Cc1ccc(CCCN2CCN(C(C)(C)C)CC2)cc1. The van der Waals surface area contributed by atoms with Crippen molar-refractivity contribution in [1.29, 1.82) is 0 Å². The van der Waals surface area contributed by atoms with Gasteiger partial charge in [-0.25, -0.2) is 9.97 Å². The third-order valence-electron chi connectivity index (χ3n) is 7.18. The van der Waals surface area contributed by atoms with Crippen LogP contribution >= 0.6 is 0 Å². The summed E-state index contributed by atoms with van der Waals surface area (Å²) in [5, 5.41) is 0. The number of pyridine rings is 1. The highest BCUT2D eigenvalue weighted by Gasteiger charge is 2.25. The van der Waals surface area contributed by atoms with Crippen LogP contribution in [-0.4, -0.2) is 62.6 Å². The quantitative estimate of drug-likeness (QED) is 0.510. The zero-order valence-corrected chi connectivity index (χ0v) is 21.5. The van der Waals surface area contributed by atoms with E-state index < -0.39 is 0 Å². The highest BCUT2D eigenvalue weighted by molar-refractivity contribution is 5.73. The zero-order valence-electron chi connectivity index (χ0n) is 21.5. The fraction of sp³-hybridized carbons (Fsp3) is 0.571. The van der Waals surface area contributed by atoms with E-state index in [0.717, 1.165) is 42.1 Å². The van der Waals surface area contributed by atoms with Crippen LogP contribution < -0.4 is 0 Å². The number of piperazine rings is 1. The van der Waals surface area contributed by atoms with Crippen LogP contribution in [-0.2, 0) is 19.4 Å². The fourth-order valence-electron chi connectivity index (χ4n) is 4.86. The van der Waals surface area contributed by atoms with Crippen molar-refractivity contribution in [3.8, 4) is 0 Å². The van der Waals surface area contributed by atoms with Crippen molar-refractivity contribution in [1.82, 2.24) is 24.3 Å². The van der Waals surface area contributed by atoms with E-state index in [0.29, 0.717) is 5.54 Å². The van der Waals surface area contributed by atoms with Gasteiger partial charge in [0.1, 0.15) is 11.3 Å². The van der Waals surface area contributed by atoms with E-state index in [1.54, 1.807) is 0 Å². The number of hydrogen-bond acceptors (Lipinski definition) is 4. The van der Waals surface area contributed by atoms with E-state index in [9.17, 15) is 0 Å². The second-order valence-corrected chi connectivity index (χ2v) is 10.6. The zero-order chi connectivity index (χ0) is 23.6. The summed E-state index contributed by atoms with van der Waals surface area (Å²) in [5.74, 6) is 1.11. The van der Waals surface area contributed by atoms with E-state index in [2.05, 4.69) is 86.2 Å². The lowest BCUT2D eigenvalue weighted by Gasteiger charge is -2.42.